The third-order valence-corrected chi connectivity index (χ3v) is 6.61. The minimum Gasteiger partial charge on any atom is -0.343 e. The van der Waals surface area contributed by atoms with Crippen molar-refractivity contribution in [3.63, 3.8) is 0 Å². The maximum absolute atomic E-state index is 13.3. The second kappa shape index (κ2) is 9.41. The number of aromatic nitrogens is 2. The van der Waals surface area contributed by atoms with Crippen LogP contribution in [0.2, 0.25) is 0 Å². The molecule has 0 N–H and O–H groups in total. The summed E-state index contributed by atoms with van der Waals surface area (Å²) >= 11 is 2.77. The van der Waals surface area contributed by atoms with Gasteiger partial charge in [0, 0.05) is 30.6 Å². The molecular weight excluding hydrogens is 402 g/mol. The van der Waals surface area contributed by atoms with Gasteiger partial charge in [-0.05, 0) is 26.3 Å². The molecule has 0 spiro atoms. The standard InChI is InChI=1S/C22H25N3O2S2/c1-5-12-25-21(27)19-17(16-10-8-15(4)9-11-16)13-28-20(19)23-22(25)29-14-18(26)24(6-2)7-3/h5,8-11,13H,1,6-7,12,14H2,2-4H3. The number of nitrogens with zero attached hydrogens (tertiary/aromatic N) is 3. The molecule has 1 aromatic carbocycles. The number of benzene rings is 1. The van der Waals surface area contributed by atoms with Crippen molar-refractivity contribution in [1.82, 2.24) is 14.5 Å². The minimum atomic E-state index is -0.0930. The molecule has 152 valence electrons. The fourth-order valence-corrected chi connectivity index (χ4v) is 5.05. The molecule has 2 aromatic heterocycles. The molecule has 0 aliphatic heterocycles. The number of hydrogen-bond donors (Lipinski definition) is 0. The summed E-state index contributed by atoms with van der Waals surface area (Å²) in [6, 6.07) is 8.13. The van der Waals surface area contributed by atoms with E-state index in [1.54, 1.807) is 15.5 Å². The van der Waals surface area contributed by atoms with Gasteiger partial charge < -0.3 is 4.90 Å². The van der Waals surface area contributed by atoms with Crippen LogP contribution >= 0.6 is 23.1 Å². The van der Waals surface area contributed by atoms with Crippen molar-refractivity contribution in [2.75, 3.05) is 18.8 Å². The topological polar surface area (TPSA) is 55.2 Å². The molecule has 2 heterocycles. The van der Waals surface area contributed by atoms with E-state index in [1.807, 2.05) is 50.4 Å². The van der Waals surface area contributed by atoms with Crippen molar-refractivity contribution in [2.45, 2.75) is 32.5 Å². The zero-order chi connectivity index (χ0) is 21.0. The molecule has 0 saturated carbocycles. The lowest BCUT2D eigenvalue weighted by Gasteiger charge is -2.18. The normalized spacial score (nSPS) is 11.0. The first kappa shape index (κ1) is 21.3. The number of aryl methyl sites for hydroxylation is 1. The lowest BCUT2D eigenvalue weighted by molar-refractivity contribution is -0.127. The maximum Gasteiger partial charge on any atom is 0.263 e. The summed E-state index contributed by atoms with van der Waals surface area (Å²) < 4.78 is 1.61. The van der Waals surface area contributed by atoms with Crippen molar-refractivity contribution in [3.8, 4) is 11.1 Å². The summed E-state index contributed by atoms with van der Waals surface area (Å²) in [7, 11) is 0. The summed E-state index contributed by atoms with van der Waals surface area (Å²) in [6.45, 7) is 11.4. The van der Waals surface area contributed by atoms with Gasteiger partial charge in [-0.1, -0.05) is 47.7 Å². The van der Waals surface area contributed by atoms with E-state index in [-0.39, 0.29) is 17.2 Å². The first-order valence-electron chi connectivity index (χ1n) is 9.60. The van der Waals surface area contributed by atoms with E-state index in [4.69, 9.17) is 4.98 Å². The van der Waals surface area contributed by atoms with Crippen molar-refractivity contribution in [1.29, 1.82) is 0 Å². The molecule has 3 rings (SSSR count). The highest BCUT2D eigenvalue weighted by molar-refractivity contribution is 7.99. The summed E-state index contributed by atoms with van der Waals surface area (Å²) in [5.41, 5.74) is 2.98. The van der Waals surface area contributed by atoms with Crippen molar-refractivity contribution < 1.29 is 4.79 Å². The number of amides is 1. The Bertz CT molecular complexity index is 1080. The molecule has 0 bridgehead atoms. The summed E-state index contributed by atoms with van der Waals surface area (Å²) in [4.78, 5) is 32.9. The third kappa shape index (κ3) is 4.46. The average molecular weight is 428 g/mol. The Labute approximate surface area is 179 Å². The Balaban J connectivity index is 2.03. The second-order valence-corrected chi connectivity index (χ2v) is 8.45. The predicted octanol–water partition coefficient (Wildman–Crippen LogP) is 4.58. The molecule has 1 amide bonds. The van der Waals surface area contributed by atoms with E-state index in [2.05, 4.69) is 6.58 Å². The van der Waals surface area contributed by atoms with Gasteiger partial charge in [0.15, 0.2) is 5.16 Å². The van der Waals surface area contributed by atoms with Gasteiger partial charge in [0.1, 0.15) is 4.83 Å². The molecule has 0 unspecified atom stereocenters. The first-order chi connectivity index (χ1) is 14.0. The third-order valence-electron chi connectivity index (χ3n) is 4.77. The van der Waals surface area contributed by atoms with Crippen LogP contribution in [-0.4, -0.2) is 39.2 Å². The van der Waals surface area contributed by atoms with Crippen LogP contribution in [0.4, 0.5) is 0 Å². The Hall–Kier alpha value is -2.38. The lowest BCUT2D eigenvalue weighted by Crippen LogP contribution is -2.32. The van der Waals surface area contributed by atoms with Crippen molar-refractivity contribution in [2.24, 2.45) is 0 Å². The van der Waals surface area contributed by atoms with E-state index in [0.717, 1.165) is 11.1 Å². The molecule has 7 heteroatoms. The highest BCUT2D eigenvalue weighted by Gasteiger charge is 2.18. The van der Waals surface area contributed by atoms with Gasteiger partial charge >= 0.3 is 0 Å². The van der Waals surface area contributed by atoms with Crippen LogP contribution in [0.5, 0.6) is 0 Å². The van der Waals surface area contributed by atoms with Gasteiger partial charge in [-0.25, -0.2) is 4.98 Å². The molecular formula is C22H25N3O2S2. The smallest absolute Gasteiger partial charge is 0.263 e. The molecule has 0 atom stereocenters. The number of thioether (sulfide) groups is 1. The van der Waals surface area contributed by atoms with Crippen LogP contribution < -0.4 is 5.56 Å². The monoisotopic (exact) mass is 427 g/mol. The second-order valence-electron chi connectivity index (χ2n) is 6.65. The number of carbonyl (C=O) groups is 1. The summed E-state index contributed by atoms with van der Waals surface area (Å²) in [6.07, 6.45) is 1.68. The quantitative estimate of drug-likeness (QED) is 0.300. The van der Waals surface area contributed by atoms with Gasteiger partial charge in [0.2, 0.25) is 5.91 Å². The number of carbonyl (C=O) groups excluding carboxylic acids is 1. The van der Waals surface area contributed by atoms with E-state index in [1.165, 1.54) is 28.7 Å². The summed E-state index contributed by atoms with van der Waals surface area (Å²) in [5, 5.41) is 3.16. The zero-order valence-corrected chi connectivity index (χ0v) is 18.6. The Morgan fingerprint density at radius 3 is 2.59 bits per heavy atom. The Morgan fingerprint density at radius 1 is 1.28 bits per heavy atom. The maximum atomic E-state index is 13.3. The average Bonchev–Trinajstić information content (AvgIpc) is 3.14. The van der Waals surface area contributed by atoms with Crippen LogP contribution in [0.3, 0.4) is 0 Å². The van der Waals surface area contributed by atoms with E-state index >= 15 is 0 Å². The number of hydrogen-bond acceptors (Lipinski definition) is 5. The number of rotatable bonds is 8. The minimum absolute atomic E-state index is 0.0472. The van der Waals surface area contributed by atoms with Crippen LogP contribution in [-0.2, 0) is 11.3 Å². The van der Waals surface area contributed by atoms with Gasteiger partial charge in [-0.15, -0.1) is 17.9 Å². The molecule has 0 fully saturated rings. The van der Waals surface area contributed by atoms with Crippen LogP contribution in [0.25, 0.3) is 21.3 Å². The molecule has 0 aliphatic carbocycles. The number of thiophene rings is 1. The zero-order valence-electron chi connectivity index (χ0n) is 17.0. The van der Waals surface area contributed by atoms with E-state index < -0.39 is 0 Å². The highest BCUT2D eigenvalue weighted by atomic mass is 32.2. The SMILES string of the molecule is C=CCn1c(SCC(=O)N(CC)CC)nc2scc(-c3ccc(C)cc3)c2c1=O. The largest absolute Gasteiger partial charge is 0.343 e. The van der Waals surface area contributed by atoms with Crippen LogP contribution in [0.1, 0.15) is 19.4 Å². The Morgan fingerprint density at radius 2 is 1.97 bits per heavy atom. The van der Waals surface area contributed by atoms with Crippen LogP contribution in [0.15, 0.2) is 52.3 Å². The predicted molar refractivity (Wildman–Crippen MR) is 123 cm³/mol. The fraction of sp³-hybridized carbons (Fsp3) is 0.318. The molecule has 29 heavy (non-hydrogen) atoms. The fourth-order valence-electron chi connectivity index (χ4n) is 3.15. The molecule has 0 aliphatic rings. The first-order valence-corrected chi connectivity index (χ1v) is 11.5. The lowest BCUT2D eigenvalue weighted by atomic mass is 10.1. The molecule has 5 nitrogen and oxygen atoms in total. The van der Waals surface area contributed by atoms with Gasteiger partial charge in [-0.3, -0.25) is 14.2 Å². The van der Waals surface area contributed by atoms with Gasteiger partial charge in [0.25, 0.3) is 5.56 Å². The molecule has 0 radical (unpaired) electrons. The Kier molecular flexibility index (Phi) is 6.92. The molecule has 0 saturated heterocycles. The van der Waals surface area contributed by atoms with E-state index in [9.17, 15) is 9.59 Å². The van der Waals surface area contributed by atoms with Gasteiger partial charge in [-0.2, -0.15) is 0 Å². The van der Waals surface area contributed by atoms with Gasteiger partial charge in [0.05, 0.1) is 11.1 Å². The van der Waals surface area contributed by atoms with Crippen LogP contribution in [0, 0.1) is 6.92 Å². The van der Waals surface area contributed by atoms with Crippen molar-refractivity contribution in [3.05, 3.63) is 58.2 Å². The molecule has 3 aromatic rings. The summed E-state index contributed by atoms with van der Waals surface area (Å²) in [5.74, 6) is 0.304. The van der Waals surface area contributed by atoms with Crippen molar-refractivity contribution >= 4 is 39.2 Å². The number of fused-ring (bicyclic) bond motifs is 1. The van der Waals surface area contributed by atoms with E-state index in [0.29, 0.717) is 35.0 Å². The number of allylic oxidation sites excluding steroid dienone is 1. The highest BCUT2D eigenvalue weighted by Crippen LogP contribution is 2.32.